The summed E-state index contributed by atoms with van der Waals surface area (Å²) in [6.45, 7) is 1.87. The molecule has 33 heavy (non-hydrogen) atoms. The largest absolute Gasteiger partial charge is 0.351 e. The van der Waals surface area contributed by atoms with Crippen molar-refractivity contribution in [1.29, 1.82) is 0 Å². The van der Waals surface area contributed by atoms with E-state index in [0.29, 0.717) is 37.7 Å². The van der Waals surface area contributed by atoms with E-state index >= 15 is 0 Å². The molecule has 1 aliphatic carbocycles. The van der Waals surface area contributed by atoms with Gasteiger partial charge in [0, 0.05) is 49.8 Å². The third-order valence-electron chi connectivity index (χ3n) is 7.19. The highest BCUT2D eigenvalue weighted by molar-refractivity contribution is 5.95. The van der Waals surface area contributed by atoms with Gasteiger partial charge in [0.25, 0.3) is 11.8 Å². The minimum absolute atomic E-state index is 0.0240. The topological polar surface area (TPSA) is 108 Å². The monoisotopic (exact) mass is 451 g/mol. The zero-order valence-corrected chi connectivity index (χ0v) is 18.5. The molecule has 0 bridgehead atoms. The number of carbonyl (C=O) groups is 3. The van der Waals surface area contributed by atoms with Crippen LogP contribution in [0.1, 0.15) is 52.2 Å². The summed E-state index contributed by atoms with van der Waals surface area (Å²) in [5.41, 5.74) is 7.80. The summed E-state index contributed by atoms with van der Waals surface area (Å²) in [4.78, 5) is 41.3. The van der Waals surface area contributed by atoms with E-state index in [0.717, 1.165) is 37.7 Å². The number of hydrogen-bond donors (Lipinski definition) is 2. The molecule has 2 saturated heterocycles. The molecular weight excluding hydrogens is 422 g/mol. The highest BCUT2D eigenvalue weighted by Crippen LogP contribution is 2.35. The fourth-order valence-corrected chi connectivity index (χ4v) is 5.40. The van der Waals surface area contributed by atoms with Gasteiger partial charge in [-0.1, -0.05) is 30.1 Å². The van der Waals surface area contributed by atoms with E-state index in [1.165, 1.54) is 6.20 Å². The van der Waals surface area contributed by atoms with Crippen molar-refractivity contribution in [1.82, 2.24) is 25.8 Å². The summed E-state index contributed by atoms with van der Waals surface area (Å²) >= 11 is 0. The van der Waals surface area contributed by atoms with Crippen molar-refractivity contribution < 1.29 is 18.9 Å². The normalized spacial score (nSPS) is 25.3. The Bertz CT molecular complexity index is 1020. The summed E-state index contributed by atoms with van der Waals surface area (Å²) in [7, 11) is 0. The molecule has 2 aromatic rings. The van der Waals surface area contributed by atoms with Crippen molar-refractivity contribution in [3.05, 3.63) is 53.4 Å². The van der Waals surface area contributed by atoms with E-state index in [2.05, 4.69) is 16.0 Å². The molecule has 2 aliphatic heterocycles. The lowest BCUT2D eigenvalue weighted by molar-refractivity contribution is -0.133. The van der Waals surface area contributed by atoms with E-state index in [1.807, 2.05) is 24.3 Å². The first-order chi connectivity index (χ1) is 16.1. The number of hydrazine groups is 1. The molecule has 2 N–H and O–H groups in total. The third kappa shape index (κ3) is 4.50. The number of amides is 3. The first-order valence-corrected chi connectivity index (χ1v) is 11.7. The zero-order valence-electron chi connectivity index (χ0n) is 18.5. The summed E-state index contributed by atoms with van der Waals surface area (Å²) in [5, 5.41) is 3.58. The van der Waals surface area contributed by atoms with Gasteiger partial charge in [-0.15, -0.1) is 0 Å². The minimum Gasteiger partial charge on any atom is -0.351 e. The number of aromatic nitrogens is 1. The Labute approximate surface area is 192 Å². The van der Waals surface area contributed by atoms with Crippen molar-refractivity contribution in [3.63, 3.8) is 0 Å². The lowest BCUT2D eigenvalue weighted by Gasteiger charge is -2.41. The minimum atomic E-state index is -0.199. The fourth-order valence-electron chi connectivity index (χ4n) is 5.40. The van der Waals surface area contributed by atoms with Crippen molar-refractivity contribution in [2.24, 2.45) is 11.8 Å². The van der Waals surface area contributed by atoms with Gasteiger partial charge in [0.15, 0.2) is 0 Å². The number of nitrogens with one attached hydrogen (secondary N) is 2. The molecule has 0 spiro atoms. The number of nitrogens with zero attached hydrogens (tertiary/aromatic N) is 3. The summed E-state index contributed by atoms with van der Waals surface area (Å²) in [6, 6.07) is 9.49. The average molecular weight is 452 g/mol. The third-order valence-corrected chi connectivity index (χ3v) is 7.19. The number of fused-ring (bicyclic) bond motifs is 1. The van der Waals surface area contributed by atoms with Crippen LogP contribution in [0.4, 0.5) is 0 Å². The van der Waals surface area contributed by atoms with Crippen molar-refractivity contribution in [2.45, 2.75) is 38.1 Å². The van der Waals surface area contributed by atoms with Gasteiger partial charge >= 0.3 is 0 Å². The smallest absolute Gasteiger partial charge is 0.292 e. The van der Waals surface area contributed by atoms with Gasteiger partial charge in [-0.3, -0.25) is 19.8 Å². The second kappa shape index (κ2) is 9.35. The van der Waals surface area contributed by atoms with Crippen molar-refractivity contribution >= 4 is 17.7 Å². The van der Waals surface area contributed by atoms with Gasteiger partial charge in [-0.25, -0.2) is 5.43 Å². The fraction of sp³-hybridized carbons (Fsp3) is 0.500. The molecule has 3 heterocycles. The Balaban J connectivity index is 1.21. The molecule has 3 amide bonds. The Morgan fingerprint density at radius 1 is 1.03 bits per heavy atom. The number of benzene rings is 1. The molecule has 1 aromatic heterocycles. The summed E-state index contributed by atoms with van der Waals surface area (Å²) in [6.07, 6.45) is 6.51. The molecule has 9 nitrogen and oxygen atoms in total. The predicted molar refractivity (Wildman–Crippen MR) is 119 cm³/mol. The van der Waals surface area contributed by atoms with Gasteiger partial charge in [0.05, 0.1) is 6.20 Å². The second-order valence-electron chi connectivity index (χ2n) is 9.16. The average Bonchev–Trinajstić information content (AvgIpc) is 3.40. The maximum Gasteiger partial charge on any atom is 0.292 e. The van der Waals surface area contributed by atoms with E-state index < -0.39 is 0 Å². The predicted octanol–water partition coefficient (Wildman–Crippen LogP) is 1.62. The van der Waals surface area contributed by atoms with E-state index in [-0.39, 0.29) is 35.4 Å². The summed E-state index contributed by atoms with van der Waals surface area (Å²) < 4.78 is 4.96. The van der Waals surface area contributed by atoms with Crippen LogP contribution in [0, 0.1) is 11.8 Å². The van der Waals surface area contributed by atoms with Crippen LogP contribution in [0.2, 0.25) is 0 Å². The van der Waals surface area contributed by atoms with E-state index in [9.17, 15) is 14.4 Å². The SMILES string of the molecule is O=C1NNC(Cc2cccc(C(=O)N3CCN(C(=O)c4ccno4)CC3)c2)C2CCCCC12. The lowest BCUT2D eigenvalue weighted by atomic mass is 9.72. The highest BCUT2D eigenvalue weighted by Gasteiger charge is 2.39. The number of rotatable bonds is 4. The van der Waals surface area contributed by atoms with Crippen LogP contribution in [-0.4, -0.2) is 64.9 Å². The first kappa shape index (κ1) is 21.6. The molecule has 3 unspecified atom stereocenters. The van der Waals surface area contributed by atoms with Crippen LogP contribution in [0.3, 0.4) is 0 Å². The highest BCUT2D eigenvalue weighted by atomic mass is 16.5. The van der Waals surface area contributed by atoms with Crippen LogP contribution < -0.4 is 10.9 Å². The number of piperazine rings is 1. The molecule has 0 radical (unpaired) electrons. The van der Waals surface area contributed by atoms with E-state index in [4.69, 9.17) is 4.52 Å². The standard InChI is InChI=1S/C24H29N5O4/c30-22-19-7-2-1-6-18(19)20(26-27-22)15-16-4-3-5-17(14-16)23(31)28-10-12-29(13-11-28)24(32)21-8-9-25-33-21/h3-5,8-9,14,18-20,26H,1-2,6-7,10-13,15H2,(H,27,30). The second-order valence-corrected chi connectivity index (χ2v) is 9.16. The number of carbonyl (C=O) groups excluding carboxylic acids is 3. The Kier molecular flexibility index (Phi) is 6.13. The van der Waals surface area contributed by atoms with Crippen molar-refractivity contribution in [3.8, 4) is 0 Å². The first-order valence-electron chi connectivity index (χ1n) is 11.7. The quantitative estimate of drug-likeness (QED) is 0.732. The van der Waals surface area contributed by atoms with Crippen molar-refractivity contribution in [2.75, 3.05) is 26.2 Å². The van der Waals surface area contributed by atoms with Gasteiger partial charge in [0.1, 0.15) is 0 Å². The molecular formula is C24H29N5O4. The Morgan fingerprint density at radius 3 is 2.55 bits per heavy atom. The molecule has 3 fully saturated rings. The van der Waals surface area contributed by atoms with Gasteiger partial charge in [0.2, 0.25) is 11.7 Å². The van der Waals surface area contributed by atoms with Gasteiger partial charge in [-0.2, -0.15) is 0 Å². The van der Waals surface area contributed by atoms with Gasteiger partial charge < -0.3 is 14.3 Å². The molecule has 5 rings (SSSR count). The Morgan fingerprint density at radius 2 is 1.79 bits per heavy atom. The van der Waals surface area contributed by atoms with Crippen LogP contribution in [0.15, 0.2) is 41.1 Å². The maximum absolute atomic E-state index is 13.1. The van der Waals surface area contributed by atoms with Crippen LogP contribution >= 0.6 is 0 Å². The molecule has 1 aromatic carbocycles. The summed E-state index contributed by atoms with van der Waals surface area (Å²) in [5.74, 6) is 0.530. The molecule has 3 aliphatic rings. The lowest BCUT2D eigenvalue weighted by Crippen LogP contribution is -2.60. The maximum atomic E-state index is 13.1. The molecule has 1 saturated carbocycles. The van der Waals surface area contributed by atoms with Crippen LogP contribution in [0.25, 0.3) is 0 Å². The van der Waals surface area contributed by atoms with Crippen LogP contribution in [0.5, 0.6) is 0 Å². The van der Waals surface area contributed by atoms with Gasteiger partial charge in [-0.05, 0) is 42.9 Å². The molecule has 9 heteroatoms. The molecule has 174 valence electrons. The zero-order chi connectivity index (χ0) is 22.8. The Hall–Kier alpha value is -3.20. The van der Waals surface area contributed by atoms with E-state index in [1.54, 1.807) is 15.9 Å². The number of hydrogen-bond acceptors (Lipinski definition) is 6. The molecule has 3 atom stereocenters. The van der Waals surface area contributed by atoms with Crippen LogP contribution in [-0.2, 0) is 11.2 Å².